The van der Waals surface area contributed by atoms with E-state index >= 15 is 0 Å². The van der Waals surface area contributed by atoms with Crippen molar-refractivity contribution in [2.75, 3.05) is 26.7 Å². The van der Waals surface area contributed by atoms with Gasteiger partial charge in [-0.25, -0.2) is 0 Å². The summed E-state index contributed by atoms with van der Waals surface area (Å²) >= 11 is 0. The van der Waals surface area contributed by atoms with Gasteiger partial charge in [-0.2, -0.15) is 0 Å². The molecule has 0 saturated carbocycles. The molecule has 0 aromatic heterocycles. The minimum Gasteiger partial charge on any atom is -0.487 e. The second-order valence-electron chi connectivity index (χ2n) is 5.61. The first-order valence-electron chi connectivity index (χ1n) is 7.85. The van der Waals surface area contributed by atoms with E-state index in [1.807, 2.05) is 32.2 Å². The van der Waals surface area contributed by atoms with Crippen LogP contribution in [0.3, 0.4) is 0 Å². The van der Waals surface area contributed by atoms with Gasteiger partial charge < -0.3 is 15.4 Å². The number of ether oxygens (including phenoxy) is 1. The molecule has 1 rings (SSSR count). The maximum atomic E-state index is 12.1. The molecule has 0 amide bonds. The van der Waals surface area contributed by atoms with E-state index in [0.29, 0.717) is 30.3 Å². The molecule has 122 valence electrons. The third kappa shape index (κ3) is 5.53. The summed E-state index contributed by atoms with van der Waals surface area (Å²) in [4.78, 5) is 12.1. The molecule has 4 nitrogen and oxygen atoms in total. The van der Waals surface area contributed by atoms with Gasteiger partial charge in [-0.05, 0) is 30.7 Å². The van der Waals surface area contributed by atoms with Gasteiger partial charge in [-0.3, -0.25) is 4.79 Å². The minimum atomic E-state index is 0.103. The molecule has 0 fully saturated rings. The quantitative estimate of drug-likeness (QED) is 0.515. The molecule has 0 aliphatic carbocycles. The van der Waals surface area contributed by atoms with Gasteiger partial charge in [0.2, 0.25) is 0 Å². The van der Waals surface area contributed by atoms with Crippen molar-refractivity contribution in [1.82, 2.24) is 10.6 Å². The average molecular weight is 304 g/mol. The predicted molar refractivity (Wildman–Crippen MR) is 91.7 cm³/mol. The fourth-order valence-corrected chi connectivity index (χ4v) is 2.02. The van der Waals surface area contributed by atoms with Crippen LogP contribution in [0.1, 0.15) is 49.0 Å². The summed E-state index contributed by atoms with van der Waals surface area (Å²) in [6.07, 6.45) is 0.472. The monoisotopic (exact) mass is 304 g/mol. The Hall–Kier alpha value is -1.81. The summed E-state index contributed by atoms with van der Waals surface area (Å²) in [5.41, 5.74) is 2.62. The molecule has 2 N–H and O–H groups in total. The van der Waals surface area contributed by atoms with E-state index < -0.39 is 0 Å². The van der Waals surface area contributed by atoms with Crippen LogP contribution in [0.15, 0.2) is 30.5 Å². The van der Waals surface area contributed by atoms with Crippen LogP contribution < -0.4 is 15.4 Å². The van der Waals surface area contributed by atoms with Gasteiger partial charge in [0.05, 0.1) is 5.56 Å². The van der Waals surface area contributed by atoms with Crippen LogP contribution in [0.25, 0.3) is 0 Å². The van der Waals surface area contributed by atoms with Gasteiger partial charge >= 0.3 is 0 Å². The number of benzene rings is 1. The summed E-state index contributed by atoms with van der Waals surface area (Å²) in [6.45, 7) is 12.0. The van der Waals surface area contributed by atoms with E-state index in [9.17, 15) is 4.79 Å². The summed E-state index contributed by atoms with van der Waals surface area (Å²) in [6, 6.07) is 5.85. The second-order valence-corrected chi connectivity index (χ2v) is 5.61. The van der Waals surface area contributed by atoms with E-state index in [4.69, 9.17) is 4.74 Å². The van der Waals surface area contributed by atoms with Crippen LogP contribution in [0.4, 0.5) is 0 Å². The molecule has 22 heavy (non-hydrogen) atoms. The number of likely N-dealkylation sites (N-methyl/N-ethyl adjacent to an activating group) is 1. The molecule has 0 aliphatic heterocycles. The highest BCUT2D eigenvalue weighted by molar-refractivity contribution is 5.98. The molecule has 1 aromatic rings. The third-order valence-corrected chi connectivity index (χ3v) is 3.44. The Labute approximate surface area is 133 Å². The summed E-state index contributed by atoms with van der Waals surface area (Å²) in [5, 5.41) is 6.24. The Morgan fingerprint density at radius 3 is 2.64 bits per heavy atom. The summed E-state index contributed by atoms with van der Waals surface area (Å²) in [7, 11) is 1.90. The summed E-state index contributed by atoms with van der Waals surface area (Å²) in [5.74, 6) is 1.12. The number of hydrogen-bond acceptors (Lipinski definition) is 4. The van der Waals surface area contributed by atoms with Crippen molar-refractivity contribution in [1.29, 1.82) is 0 Å². The minimum absolute atomic E-state index is 0.103. The van der Waals surface area contributed by atoms with Crippen LogP contribution in [0, 0.1) is 0 Å². The van der Waals surface area contributed by atoms with Gasteiger partial charge in [0, 0.05) is 25.2 Å². The molecule has 0 bridgehead atoms. The van der Waals surface area contributed by atoms with E-state index in [1.165, 1.54) is 0 Å². The van der Waals surface area contributed by atoms with Crippen molar-refractivity contribution >= 4 is 5.78 Å². The number of ketones is 1. The van der Waals surface area contributed by atoms with Crippen LogP contribution in [-0.2, 0) is 0 Å². The zero-order chi connectivity index (χ0) is 16.5. The van der Waals surface area contributed by atoms with E-state index in [0.717, 1.165) is 24.4 Å². The van der Waals surface area contributed by atoms with Crippen LogP contribution >= 0.6 is 0 Å². The standard InChI is InChI=1S/C18H28N2O2/c1-6-17(21)16-11-15(13(2)3)7-8-18(16)22-12-14(4)20-10-9-19-5/h7-8,11,13,19-20H,4,6,9-10,12H2,1-3,5H3. The average Bonchev–Trinajstić information content (AvgIpc) is 2.52. The van der Waals surface area contributed by atoms with Gasteiger partial charge in [-0.1, -0.05) is 33.4 Å². The number of nitrogens with one attached hydrogen (secondary N) is 2. The molecule has 0 radical (unpaired) electrons. The normalized spacial score (nSPS) is 10.6. The topological polar surface area (TPSA) is 50.4 Å². The highest BCUT2D eigenvalue weighted by Crippen LogP contribution is 2.25. The SMILES string of the molecule is C=C(COc1ccc(C(C)C)cc1C(=O)CC)NCCNC. The fourth-order valence-electron chi connectivity index (χ4n) is 2.02. The van der Waals surface area contributed by atoms with Crippen molar-refractivity contribution in [2.45, 2.75) is 33.1 Å². The lowest BCUT2D eigenvalue weighted by Crippen LogP contribution is -2.26. The molecule has 0 saturated heterocycles. The number of carbonyl (C=O) groups excluding carboxylic acids is 1. The van der Waals surface area contributed by atoms with Gasteiger partial charge in [0.1, 0.15) is 12.4 Å². The number of hydrogen-bond donors (Lipinski definition) is 2. The number of Topliss-reactive ketones (excluding diaryl/α,β-unsaturated/α-hetero) is 1. The number of rotatable bonds is 10. The molecule has 0 atom stereocenters. The predicted octanol–water partition coefficient (Wildman–Crippen LogP) is 3.10. The van der Waals surface area contributed by atoms with Crippen LogP contribution in [-0.4, -0.2) is 32.5 Å². The second kappa shape index (κ2) is 9.26. The maximum Gasteiger partial charge on any atom is 0.166 e. The molecular formula is C18H28N2O2. The Morgan fingerprint density at radius 1 is 1.32 bits per heavy atom. The Balaban J connectivity index is 2.76. The maximum absolute atomic E-state index is 12.1. The molecule has 0 spiro atoms. The molecular weight excluding hydrogens is 276 g/mol. The van der Waals surface area contributed by atoms with Crippen molar-refractivity contribution < 1.29 is 9.53 Å². The lowest BCUT2D eigenvalue weighted by atomic mass is 9.98. The smallest absolute Gasteiger partial charge is 0.166 e. The van der Waals surface area contributed by atoms with Gasteiger partial charge in [-0.15, -0.1) is 0 Å². The first-order valence-corrected chi connectivity index (χ1v) is 7.85. The first kappa shape index (κ1) is 18.2. The van der Waals surface area contributed by atoms with Gasteiger partial charge in [0.25, 0.3) is 0 Å². The third-order valence-electron chi connectivity index (χ3n) is 3.44. The molecule has 0 aliphatic rings. The van der Waals surface area contributed by atoms with Crippen LogP contribution in [0.5, 0.6) is 5.75 Å². The highest BCUT2D eigenvalue weighted by atomic mass is 16.5. The zero-order valence-corrected chi connectivity index (χ0v) is 14.2. The van der Waals surface area contributed by atoms with E-state index in [2.05, 4.69) is 31.1 Å². The Morgan fingerprint density at radius 2 is 2.05 bits per heavy atom. The van der Waals surface area contributed by atoms with Crippen molar-refractivity contribution in [3.05, 3.63) is 41.6 Å². The van der Waals surface area contributed by atoms with Crippen molar-refractivity contribution in [2.24, 2.45) is 0 Å². The first-order chi connectivity index (χ1) is 10.5. The molecule has 0 heterocycles. The fraction of sp³-hybridized carbons (Fsp3) is 0.500. The largest absolute Gasteiger partial charge is 0.487 e. The highest BCUT2D eigenvalue weighted by Gasteiger charge is 2.13. The van der Waals surface area contributed by atoms with Crippen molar-refractivity contribution in [3.63, 3.8) is 0 Å². The molecule has 4 heteroatoms. The van der Waals surface area contributed by atoms with E-state index in [-0.39, 0.29) is 5.78 Å². The van der Waals surface area contributed by atoms with Crippen LogP contribution in [0.2, 0.25) is 0 Å². The lowest BCUT2D eigenvalue weighted by Gasteiger charge is -2.15. The number of carbonyl (C=O) groups is 1. The zero-order valence-electron chi connectivity index (χ0n) is 14.2. The van der Waals surface area contributed by atoms with Gasteiger partial charge in [0.15, 0.2) is 5.78 Å². The molecule has 0 unspecified atom stereocenters. The molecule has 1 aromatic carbocycles. The Kier molecular flexibility index (Phi) is 7.67. The summed E-state index contributed by atoms with van der Waals surface area (Å²) < 4.78 is 5.78. The van der Waals surface area contributed by atoms with E-state index in [1.54, 1.807) is 0 Å². The Bertz CT molecular complexity index is 510. The van der Waals surface area contributed by atoms with Crippen molar-refractivity contribution in [3.8, 4) is 5.75 Å². The lowest BCUT2D eigenvalue weighted by molar-refractivity contribution is 0.0984.